The molecule has 1 saturated heterocycles. The quantitative estimate of drug-likeness (QED) is 0.691. The molecule has 3 aromatic rings. The summed E-state index contributed by atoms with van der Waals surface area (Å²) in [6, 6.07) is 5.58. The van der Waals surface area contributed by atoms with E-state index in [4.69, 9.17) is 4.52 Å². The van der Waals surface area contributed by atoms with Gasteiger partial charge in [0.05, 0.1) is 34.3 Å². The average molecular weight is 377 g/mol. The van der Waals surface area contributed by atoms with Crippen LogP contribution in [0.3, 0.4) is 0 Å². The van der Waals surface area contributed by atoms with Crippen molar-refractivity contribution >= 4 is 5.91 Å². The van der Waals surface area contributed by atoms with Crippen LogP contribution in [0.5, 0.6) is 0 Å². The summed E-state index contributed by atoms with van der Waals surface area (Å²) in [6.07, 6.45) is 3.47. The number of amides is 1. The number of hydrogen-bond donors (Lipinski definition) is 0. The molecule has 0 bridgehead atoms. The second kappa shape index (κ2) is 7.14. The fraction of sp³-hybridized carbons (Fsp3) is 0.381. The molecule has 0 aliphatic carbocycles. The van der Waals surface area contributed by atoms with Crippen molar-refractivity contribution in [1.82, 2.24) is 25.0 Å². The van der Waals surface area contributed by atoms with Gasteiger partial charge in [0.15, 0.2) is 0 Å². The standard InChI is InChI=1S/C21H23N5O2/c1-12-7-8-16(11-22-12)21(27)26-9-5-6-19(26)17-10-18(24-15(4)23-17)20-13(2)25-28-14(20)3/h7-8,10-11,19H,5-6,9H2,1-4H3. The molecule has 4 heterocycles. The largest absolute Gasteiger partial charge is 0.361 e. The lowest BCUT2D eigenvalue weighted by molar-refractivity contribution is 0.0732. The highest BCUT2D eigenvalue weighted by Gasteiger charge is 2.32. The van der Waals surface area contributed by atoms with Crippen LogP contribution in [0.15, 0.2) is 28.9 Å². The van der Waals surface area contributed by atoms with Crippen LogP contribution in [-0.4, -0.2) is 37.5 Å². The van der Waals surface area contributed by atoms with Crippen molar-refractivity contribution in [3.05, 3.63) is 58.6 Å². The zero-order valence-corrected chi connectivity index (χ0v) is 16.6. The maximum atomic E-state index is 13.1. The molecule has 1 aliphatic heterocycles. The molecular formula is C21H23N5O2. The number of pyridine rings is 1. The van der Waals surface area contributed by atoms with E-state index in [9.17, 15) is 4.79 Å². The van der Waals surface area contributed by atoms with Gasteiger partial charge >= 0.3 is 0 Å². The minimum absolute atomic E-state index is 0.00912. The van der Waals surface area contributed by atoms with Gasteiger partial charge in [0, 0.05) is 18.4 Å². The van der Waals surface area contributed by atoms with Gasteiger partial charge in [-0.3, -0.25) is 9.78 Å². The molecule has 1 amide bonds. The van der Waals surface area contributed by atoms with Gasteiger partial charge in [-0.1, -0.05) is 5.16 Å². The van der Waals surface area contributed by atoms with E-state index in [1.54, 1.807) is 6.20 Å². The summed E-state index contributed by atoms with van der Waals surface area (Å²) in [7, 11) is 0. The molecule has 1 atom stereocenters. The Morgan fingerprint density at radius 1 is 1.18 bits per heavy atom. The molecular weight excluding hydrogens is 354 g/mol. The molecule has 0 saturated carbocycles. The summed E-state index contributed by atoms with van der Waals surface area (Å²) in [5.41, 5.74) is 4.83. The molecule has 4 rings (SSSR count). The van der Waals surface area contributed by atoms with Crippen molar-refractivity contribution < 1.29 is 9.32 Å². The maximum Gasteiger partial charge on any atom is 0.255 e. The van der Waals surface area contributed by atoms with Gasteiger partial charge in [0.1, 0.15) is 11.6 Å². The number of carbonyl (C=O) groups excluding carboxylic acids is 1. The van der Waals surface area contributed by atoms with Crippen molar-refractivity contribution in [2.75, 3.05) is 6.54 Å². The normalized spacial score (nSPS) is 16.6. The van der Waals surface area contributed by atoms with E-state index in [-0.39, 0.29) is 11.9 Å². The first-order chi connectivity index (χ1) is 13.4. The third-order valence-corrected chi connectivity index (χ3v) is 5.16. The van der Waals surface area contributed by atoms with E-state index < -0.39 is 0 Å². The highest BCUT2D eigenvalue weighted by Crippen LogP contribution is 2.34. The topological polar surface area (TPSA) is 85.0 Å². The Kier molecular flexibility index (Phi) is 4.66. The Balaban J connectivity index is 1.70. The van der Waals surface area contributed by atoms with Gasteiger partial charge in [0.2, 0.25) is 0 Å². The van der Waals surface area contributed by atoms with Crippen LogP contribution in [0.1, 0.15) is 57.9 Å². The molecule has 0 radical (unpaired) electrons. The smallest absolute Gasteiger partial charge is 0.255 e. The lowest BCUT2D eigenvalue weighted by Crippen LogP contribution is -2.31. The van der Waals surface area contributed by atoms with Crippen LogP contribution in [0, 0.1) is 27.7 Å². The van der Waals surface area contributed by atoms with E-state index in [1.807, 2.05) is 50.8 Å². The van der Waals surface area contributed by atoms with E-state index in [0.29, 0.717) is 17.9 Å². The highest BCUT2D eigenvalue weighted by atomic mass is 16.5. The predicted molar refractivity (Wildman–Crippen MR) is 104 cm³/mol. The zero-order chi connectivity index (χ0) is 19.8. The summed E-state index contributed by atoms with van der Waals surface area (Å²) >= 11 is 0. The molecule has 7 nitrogen and oxygen atoms in total. The first-order valence-corrected chi connectivity index (χ1v) is 9.46. The first kappa shape index (κ1) is 18.3. The highest BCUT2D eigenvalue weighted by molar-refractivity contribution is 5.94. The molecule has 1 unspecified atom stereocenters. The molecule has 1 fully saturated rings. The molecule has 7 heteroatoms. The molecule has 144 valence electrons. The zero-order valence-electron chi connectivity index (χ0n) is 16.6. The molecule has 3 aromatic heterocycles. The molecule has 1 aliphatic rings. The van der Waals surface area contributed by atoms with Crippen molar-refractivity contribution in [3.8, 4) is 11.3 Å². The van der Waals surface area contributed by atoms with Crippen LogP contribution in [0.25, 0.3) is 11.3 Å². The Labute approximate surface area is 163 Å². The van der Waals surface area contributed by atoms with E-state index in [1.165, 1.54) is 0 Å². The van der Waals surface area contributed by atoms with Crippen molar-refractivity contribution in [1.29, 1.82) is 0 Å². The number of aryl methyl sites for hydroxylation is 4. The lowest BCUT2D eigenvalue weighted by Gasteiger charge is -2.25. The number of nitrogens with zero attached hydrogens (tertiary/aromatic N) is 5. The van der Waals surface area contributed by atoms with Crippen molar-refractivity contribution in [2.24, 2.45) is 0 Å². The second-order valence-electron chi connectivity index (χ2n) is 7.27. The SMILES string of the molecule is Cc1ccc(C(=O)N2CCCC2c2cc(-c3c(C)noc3C)nc(C)n2)cn1. The van der Waals surface area contributed by atoms with Crippen molar-refractivity contribution in [2.45, 2.75) is 46.6 Å². The van der Waals surface area contributed by atoms with Gasteiger partial charge in [-0.25, -0.2) is 9.97 Å². The summed E-state index contributed by atoms with van der Waals surface area (Å²) in [6.45, 7) is 8.27. The Morgan fingerprint density at radius 2 is 2.00 bits per heavy atom. The minimum Gasteiger partial charge on any atom is -0.361 e. The summed E-state index contributed by atoms with van der Waals surface area (Å²) in [5, 5.41) is 4.03. The monoisotopic (exact) mass is 377 g/mol. The van der Waals surface area contributed by atoms with Crippen molar-refractivity contribution in [3.63, 3.8) is 0 Å². The third-order valence-electron chi connectivity index (χ3n) is 5.16. The van der Waals surface area contributed by atoms with E-state index in [0.717, 1.165) is 46.9 Å². The van der Waals surface area contributed by atoms with Crippen LogP contribution in [-0.2, 0) is 0 Å². The van der Waals surface area contributed by atoms with Crippen LogP contribution in [0.4, 0.5) is 0 Å². The molecule has 28 heavy (non-hydrogen) atoms. The lowest BCUT2D eigenvalue weighted by atomic mass is 10.1. The third kappa shape index (κ3) is 3.28. The van der Waals surface area contributed by atoms with Crippen LogP contribution >= 0.6 is 0 Å². The second-order valence-corrected chi connectivity index (χ2v) is 7.27. The van der Waals surface area contributed by atoms with Gasteiger partial charge in [-0.05, 0) is 58.7 Å². The Bertz CT molecular complexity index is 1010. The number of aromatic nitrogens is 4. The summed E-state index contributed by atoms with van der Waals surface area (Å²) in [4.78, 5) is 28.5. The first-order valence-electron chi connectivity index (χ1n) is 9.46. The van der Waals surface area contributed by atoms with Gasteiger partial charge in [-0.15, -0.1) is 0 Å². The van der Waals surface area contributed by atoms with Crippen LogP contribution in [0.2, 0.25) is 0 Å². The van der Waals surface area contributed by atoms with Gasteiger partial charge in [-0.2, -0.15) is 0 Å². The van der Waals surface area contributed by atoms with E-state index >= 15 is 0 Å². The Morgan fingerprint density at radius 3 is 2.68 bits per heavy atom. The average Bonchev–Trinajstić information content (AvgIpc) is 3.28. The molecule has 0 N–H and O–H groups in total. The fourth-order valence-electron chi connectivity index (χ4n) is 3.82. The maximum absolute atomic E-state index is 13.1. The fourth-order valence-corrected chi connectivity index (χ4v) is 3.82. The molecule has 0 aromatic carbocycles. The number of carbonyl (C=O) groups is 1. The van der Waals surface area contributed by atoms with Gasteiger partial charge in [0.25, 0.3) is 5.91 Å². The summed E-state index contributed by atoms with van der Waals surface area (Å²) < 4.78 is 5.30. The Hall–Kier alpha value is -3.09. The summed E-state index contributed by atoms with van der Waals surface area (Å²) in [5.74, 6) is 1.39. The van der Waals surface area contributed by atoms with E-state index in [2.05, 4.69) is 20.1 Å². The number of rotatable bonds is 3. The number of likely N-dealkylation sites (tertiary alicyclic amines) is 1. The van der Waals surface area contributed by atoms with Crippen LogP contribution < -0.4 is 0 Å². The number of hydrogen-bond acceptors (Lipinski definition) is 6. The minimum atomic E-state index is -0.0743. The van der Waals surface area contributed by atoms with Gasteiger partial charge < -0.3 is 9.42 Å². The predicted octanol–water partition coefficient (Wildman–Crippen LogP) is 3.74. The molecule has 0 spiro atoms.